The molecule has 0 atom stereocenters. The van der Waals surface area contributed by atoms with Gasteiger partial charge in [0.1, 0.15) is 9.20 Å². The smallest absolute Gasteiger partial charge is 0.252 e. The van der Waals surface area contributed by atoms with E-state index in [-0.39, 0.29) is 11.0 Å². The van der Waals surface area contributed by atoms with Crippen LogP contribution in [0, 0.1) is 0 Å². The molecule has 1 aliphatic rings. The molecule has 1 saturated heterocycles. The number of hydrogen-bond donors (Lipinski definition) is 1. The maximum atomic E-state index is 12.6. The van der Waals surface area contributed by atoms with Crippen molar-refractivity contribution in [2.75, 3.05) is 27.2 Å². The van der Waals surface area contributed by atoms with Gasteiger partial charge in [-0.25, -0.2) is 8.42 Å². The summed E-state index contributed by atoms with van der Waals surface area (Å²) in [5.74, 6) is 0. The summed E-state index contributed by atoms with van der Waals surface area (Å²) < 4.78 is 27.0. The molecule has 1 aromatic rings. The predicted octanol–water partition coefficient (Wildman–Crippen LogP) is 1.10. The molecule has 0 aromatic carbocycles. The quantitative estimate of drug-likeness (QED) is 0.836. The molecule has 1 aromatic heterocycles. The zero-order valence-corrected chi connectivity index (χ0v) is 14.0. The lowest BCUT2D eigenvalue weighted by molar-refractivity contribution is 0.198. The molecule has 20 heavy (non-hydrogen) atoms. The third-order valence-electron chi connectivity index (χ3n) is 3.66. The molecule has 2 rings (SSSR count). The summed E-state index contributed by atoms with van der Waals surface area (Å²) in [6, 6.07) is 3.31. The highest BCUT2D eigenvalue weighted by molar-refractivity contribution is 7.91. The highest BCUT2D eigenvalue weighted by Gasteiger charge is 2.31. The van der Waals surface area contributed by atoms with Crippen LogP contribution in [-0.4, -0.2) is 55.8 Å². The molecule has 0 spiro atoms. The van der Waals surface area contributed by atoms with Gasteiger partial charge in [-0.1, -0.05) is 12.2 Å². The van der Waals surface area contributed by atoms with Crippen molar-refractivity contribution in [3.05, 3.63) is 17.0 Å². The van der Waals surface area contributed by atoms with Gasteiger partial charge in [-0.2, -0.15) is 4.31 Å². The molecule has 8 heteroatoms. The Morgan fingerprint density at radius 2 is 2.05 bits per heavy atom. The Kier molecular flexibility index (Phi) is 4.80. The highest BCUT2D eigenvalue weighted by atomic mass is 32.2. The largest absolute Gasteiger partial charge is 0.389 e. The summed E-state index contributed by atoms with van der Waals surface area (Å²) in [5, 5.41) is 0. The van der Waals surface area contributed by atoms with Crippen LogP contribution in [0.25, 0.3) is 0 Å². The summed E-state index contributed by atoms with van der Waals surface area (Å²) in [6.07, 6.45) is 1.72. The van der Waals surface area contributed by atoms with Gasteiger partial charge in [0.05, 0.1) is 4.88 Å². The molecule has 0 aliphatic carbocycles. The third-order valence-corrected chi connectivity index (χ3v) is 7.50. The molecule has 0 radical (unpaired) electrons. The van der Waals surface area contributed by atoms with E-state index in [9.17, 15) is 8.42 Å². The Bertz CT molecular complexity index is 589. The number of nitrogens with two attached hydrogens (primary N) is 1. The van der Waals surface area contributed by atoms with E-state index in [0.29, 0.717) is 9.09 Å². The number of hydrogen-bond acceptors (Lipinski definition) is 5. The van der Waals surface area contributed by atoms with Crippen molar-refractivity contribution in [3.63, 3.8) is 0 Å². The van der Waals surface area contributed by atoms with E-state index in [2.05, 4.69) is 11.9 Å². The van der Waals surface area contributed by atoms with Gasteiger partial charge in [0.15, 0.2) is 0 Å². The Balaban J connectivity index is 2.18. The van der Waals surface area contributed by atoms with Crippen molar-refractivity contribution in [1.82, 2.24) is 9.21 Å². The summed E-state index contributed by atoms with van der Waals surface area (Å²) in [4.78, 5) is 3.08. The third kappa shape index (κ3) is 3.20. The van der Waals surface area contributed by atoms with Gasteiger partial charge in [0, 0.05) is 13.1 Å². The predicted molar refractivity (Wildman–Crippen MR) is 85.7 cm³/mol. The van der Waals surface area contributed by atoms with Gasteiger partial charge in [0.25, 0.3) is 10.0 Å². The zero-order valence-electron chi connectivity index (χ0n) is 11.6. The molecule has 0 unspecified atom stereocenters. The first-order valence-electron chi connectivity index (χ1n) is 6.38. The van der Waals surface area contributed by atoms with Crippen LogP contribution in [0.2, 0.25) is 0 Å². The first kappa shape index (κ1) is 15.8. The van der Waals surface area contributed by atoms with E-state index in [4.69, 9.17) is 18.0 Å². The summed E-state index contributed by atoms with van der Waals surface area (Å²) >= 11 is 6.01. The SMILES string of the molecule is CN1CCC(N(C)S(=O)(=O)c2ccc(C(N)=S)s2)CC1. The maximum Gasteiger partial charge on any atom is 0.252 e. The van der Waals surface area contributed by atoms with Crippen LogP contribution in [0.4, 0.5) is 0 Å². The zero-order chi connectivity index (χ0) is 14.9. The normalized spacial score (nSPS) is 18.6. The van der Waals surface area contributed by atoms with Crippen molar-refractivity contribution in [3.8, 4) is 0 Å². The molecule has 0 amide bonds. The average molecular weight is 334 g/mol. The van der Waals surface area contributed by atoms with Crippen LogP contribution in [0.15, 0.2) is 16.3 Å². The first-order chi connectivity index (χ1) is 9.32. The van der Waals surface area contributed by atoms with Crippen LogP contribution >= 0.6 is 23.6 Å². The van der Waals surface area contributed by atoms with E-state index in [1.54, 1.807) is 19.2 Å². The fourth-order valence-electron chi connectivity index (χ4n) is 2.29. The van der Waals surface area contributed by atoms with Crippen molar-refractivity contribution < 1.29 is 8.42 Å². The van der Waals surface area contributed by atoms with Crippen molar-refractivity contribution >= 4 is 38.6 Å². The Labute approximate surface area is 129 Å². The van der Waals surface area contributed by atoms with E-state index in [1.165, 1.54) is 4.31 Å². The topological polar surface area (TPSA) is 66.6 Å². The fourth-order valence-corrected chi connectivity index (χ4v) is 5.24. The highest BCUT2D eigenvalue weighted by Crippen LogP contribution is 2.27. The molecule has 2 N–H and O–H groups in total. The van der Waals surface area contributed by atoms with Crippen LogP contribution in [-0.2, 0) is 10.0 Å². The molecule has 1 aliphatic heterocycles. The van der Waals surface area contributed by atoms with Gasteiger partial charge < -0.3 is 10.6 Å². The number of rotatable bonds is 4. The first-order valence-corrected chi connectivity index (χ1v) is 9.05. The minimum absolute atomic E-state index is 0.0616. The fraction of sp³-hybridized carbons (Fsp3) is 0.583. The van der Waals surface area contributed by atoms with E-state index in [0.717, 1.165) is 37.3 Å². The van der Waals surface area contributed by atoms with Crippen LogP contribution in [0.1, 0.15) is 17.7 Å². The van der Waals surface area contributed by atoms with Crippen LogP contribution in [0.5, 0.6) is 0 Å². The average Bonchev–Trinajstić information content (AvgIpc) is 2.89. The summed E-state index contributed by atoms with van der Waals surface area (Å²) in [5.41, 5.74) is 5.53. The summed E-state index contributed by atoms with van der Waals surface area (Å²) in [7, 11) is 0.262. The number of thiophene rings is 1. The van der Waals surface area contributed by atoms with Gasteiger partial charge in [-0.3, -0.25) is 0 Å². The standard InChI is InChI=1S/C12H19N3O2S3/c1-14-7-5-9(6-8-14)15(2)20(16,17)11-4-3-10(19-11)12(13)18/h3-4,9H,5-8H2,1-2H3,(H2,13,18). The van der Waals surface area contributed by atoms with Gasteiger partial charge in [-0.15, -0.1) is 11.3 Å². The molecular weight excluding hydrogens is 314 g/mol. The second-order valence-electron chi connectivity index (χ2n) is 5.04. The van der Waals surface area contributed by atoms with Gasteiger partial charge in [0.2, 0.25) is 0 Å². The Hall–Kier alpha value is -0.540. The molecule has 1 fully saturated rings. The van der Waals surface area contributed by atoms with E-state index in [1.807, 2.05) is 0 Å². The minimum atomic E-state index is -3.45. The number of sulfonamides is 1. The monoisotopic (exact) mass is 333 g/mol. The van der Waals surface area contributed by atoms with E-state index < -0.39 is 10.0 Å². The Morgan fingerprint density at radius 1 is 1.45 bits per heavy atom. The van der Waals surface area contributed by atoms with Crippen molar-refractivity contribution in [1.29, 1.82) is 0 Å². The minimum Gasteiger partial charge on any atom is -0.389 e. The lowest BCUT2D eigenvalue weighted by Gasteiger charge is -2.34. The number of thiocarbonyl (C=S) groups is 1. The molecule has 2 heterocycles. The van der Waals surface area contributed by atoms with Crippen LogP contribution < -0.4 is 5.73 Å². The van der Waals surface area contributed by atoms with Gasteiger partial charge >= 0.3 is 0 Å². The van der Waals surface area contributed by atoms with E-state index >= 15 is 0 Å². The second-order valence-corrected chi connectivity index (χ2v) is 8.79. The molecule has 112 valence electrons. The lowest BCUT2D eigenvalue weighted by Crippen LogP contribution is -2.44. The Morgan fingerprint density at radius 3 is 2.55 bits per heavy atom. The van der Waals surface area contributed by atoms with Gasteiger partial charge in [-0.05, 0) is 45.1 Å². The van der Waals surface area contributed by atoms with Crippen molar-refractivity contribution in [2.24, 2.45) is 5.73 Å². The number of piperidine rings is 1. The summed E-state index contributed by atoms with van der Waals surface area (Å²) in [6.45, 7) is 1.85. The van der Waals surface area contributed by atoms with Crippen molar-refractivity contribution in [2.45, 2.75) is 23.1 Å². The second kappa shape index (κ2) is 6.07. The number of nitrogens with zero attached hydrogens (tertiary/aromatic N) is 2. The molecule has 0 saturated carbocycles. The molecule has 0 bridgehead atoms. The van der Waals surface area contributed by atoms with Crippen LogP contribution in [0.3, 0.4) is 0 Å². The maximum absolute atomic E-state index is 12.6. The number of likely N-dealkylation sites (tertiary alicyclic amines) is 1. The molecule has 5 nitrogen and oxygen atoms in total. The molecular formula is C12H19N3O2S3. The lowest BCUT2D eigenvalue weighted by atomic mass is 10.1.